The molecule has 0 N–H and O–H groups in total. The van der Waals surface area contributed by atoms with E-state index >= 15 is 0 Å². The molecule has 12 aromatic carbocycles. The third-order valence-corrected chi connectivity index (χ3v) is 21.2. The van der Waals surface area contributed by atoms with E-state index in [1.54, 1.807) is 0 Å². The van der Waals surface area contributed by atoms with Gasteiger partial charge in [0.05, 0.1) is 44.5 Å². The summed E-state index contributed by atoms with van der Waals surface area (Å²) in [5, 5.41) is 7.32. The summed E-state index contributed by atoms with van der Waals surface area (Å²) in [5.41, 5.74) is 28.1. The summed E-state index contributed by atoms with van der Waals surface area (Å²) in [6, 6.07) is 101. The summed E-state index contributed by atoms with van der Waals surface area (Å²) in [4.78, 5) is 10.5. The zero-order valence-electron chi connectivity index (χ0n) is 52.2. The predicted octanol–water partition coefficient (Wildman–Crippen LogP) is 22.5. The van der Waals surface area contributed by atoms with Crippen LogP contribution in [0.3, 0.4) is 0 Å². The standard InChI is InChI=1S/C88H63N5/c1-87(2)74-27-15-11-23-64(74)66-43-39-62(51-76(66)87)92-80-29-17-13-25-68(80)72-47-57(35-45-82(72)92)59-33-41-70-71-42-34-60(58-36-46-83-73(48-58)69-26-14-18-30-81(69)93(83)63-40-44-67-65-24-12-16-28-75(65)88(3,4)77(67)52-63)50-85(71)91(84(70)49-59)61-37-31-56(32-38-61)86-89-78(54-19-7-5-8-20-54)53-79(90-86)55-21-9-6-10-22-55/h5-53,64,74H,1-4H3. The monoisotopic (exact) mass is 1190 g/mol. The number of rotatable bonds is 8. The van der Waals surface area contributed by atoms with E-state index in [2.05, 4.69) is 327 Å². The van der Waals surface area contributed by atoms with Gasteiger partial charge in [0.2, 0.25) is 0 Å². The van der Waals surface area contributed by atoms with E-state index in [1.807, 2.05) is 12.1 Å². The average molecular weight is 1190 g/mol. The number of hydrogen-bond donors (Lipinski definition) is 0. The summed E-state index contributed by atoms with van der Waals surface area (Å²) in [6.07, 6.45) is 9.26. The molecule has 3 aliphatic rings. The molecule has 0 bridgehead atoms. The molecule has 4 aromatic heterocycles. The number of benzene rings is 12. The second-order valence-corrected chi connectivity index (χ2v) is 26.9. The smallest absolute Gasteiger partial charge is 0.160 e. The fourth-order valence-corrected chi connectivity index (χ4v) is 16.5. The fourth-order valence-electron chi connectivity index (χ4n) is 16.5. The van der Waals surface area contributed by atoms with Crippen LogP contribution in [-0.4, -0.2) is 23.7 Å². The maximum Gasteiger partial charge on any atom is 0.160 e. The van der Waals surface area contributed by atoms with Crippen molar-refractivity contribution in [3.8, 4) is 84.3 Å². The average Bonchev–Trinajstić information content (AvgIpc) is 1.59. The largest absolute Gasteiger partial charge is 0.309 e. The molecule has 5 nitrogen and oxygen atoms in total. The van der Waals surface area contributed by atoms with Crippen molar-refractivity contribution < 1.29 is 0 Å². The van der Waals surface area contributed by atoms with Crippen LogP contribution in [0.15, 0.2) is 297 Å². The minimum Gasteiger partial charge on any atom is -0.309 e. The van der Waals surface area contributed by atoms with E-state index in [4.69, 9.17) is 9.97 Å². The molecule has 440 valence electrons. The summed E-state index contributed by atoms with van der Waals surface area (Å²) >= 11 is 0. The number of fused-ring (bicyclic) bond motifs is 15. The van der Waals surface area contributed by atoms with Crippen molar-refractivity contribution in [1.29, 1.82) is 0 Å². The molecule has 19 rings (SSSR count). The Balaban J connectivity index is 0.761. The van der Waals surface area contributed by atoms with Crippen LogP contribution in [0.1, 0.15) is 55.9 Å². The van der Waals surface area contributed by atoms with Gasteiger partial charge in [-0.25, -0.2) is 9.97 Å². The van der Waals surface area contributed by atoms with Gasteiger partial charge in [-0.2, -0.15) is 0 Å². The van der Waals surface area contributed by atoms with Gasteiger partial charge < -0.3 is 13.7 Å². The van der Waals surface area contributed by atoms with Crippen LogP contribution in [0.4, 0.5) is 0 Å². The van der Waals surface area contributed by atoms with Crippen LogP contribution in [0.5, 0.6) is 0 Å². The van der Waals surface area contributed by atoms with Gasteiger partial charge >= 0.3 is 0 Å². The first kappa shape index (κ1) is 53.4. The molecule has 0 aliphatic heterocycles. The van der Waals surface area contributed by atoms with Crippen LogP contribution in [0.2, 0.25) is 0 Å². The number of para-hydroxylation sites is 2. The van der Waals surface area contributed by atoms with Crippen molar-refractivity contribution >= 4 is 65.4 Å². The molecular weight excluding hydrogens is 1130 g/mol. The summed E-state index contributed by atoms with van der Waals surface area (Å²) in [5.74, 6) is 1.53. The Bertz CT molecular complexity index is 5810. The van der Waals surface area contributed by atoms with Crippen molar-refractivity contribution in [3.05, 3.63) is 320 Å². The van der Waals surface area contributed by atoms with Gasteiger partial charge in [0, 0.05) is 77.4 Å². The summed E-state index contributed by atoms with van der Waals surface area (Å²) in [6.45, 7) is 9.57. The predicted molar refractivity (Wildman–Crippen MR) is 387 cm³/mol. The number of hydrogen-bond acceptors (Lipinski definition) is 2. The number of allylic oxidation sites excluding steroid dienone is 4. The van der Waals surface area contributed by atoms with Crippen LogP contribution >= 0.6 is 0 Å². The van der Waals surface area contributed by atoms with Crippen molar-refractivity contribution in [3.63, 3.8) is 0 Å². The van der Waals surface area contributed by atoms with Gasteiger partial charge in [0.25, 0.3) is 0 Å². The topological polar surface area (TPSA) is 40.6 Å². The van der Waals surface area contributed by atoms with Crippen molar-refractivity contribution in [1.82, 2.24) is 23.7 Å². The first-order valence-corrected chi connectivity index (χ1v) is 32.6. The van der Waals surface area contributed by atoms with Gasteiger partial charge in [0.1, 0.15) is 0 Å². The lowest BCUT2D eigenvalue weighted by Gasteiger charge is -2.29. The lowest BCUT2D eigenvalue weighted by atomic mass is 9.74. The molecule has 3 aliphatic carbocycles. The van der Waals surface area contributed by atoms with Gasteiger partial charge in [0.15, 0.2) is 5.82 Å². The fraction of sp³-hybridized carbons (Fsp3) is 0.0909. The van der Waals surface area contributed by atoms with Crippen molar-refractivity contribution in [2.75, 3.05) is 0 Å². The summed E-state index contributed by atoms with van der Waals surface area (Å²) in [7, 11) is 0. The Hall–Kier alpha value is -11.4. The Morgan fingerprint density at radius 1 is 0.301 bits per heavy atom. The van der Waals surface area contributed by atoms with E-state index in [1.165, 1.54) is 110 Å². The number of aromatic nitrogens is 5. The third-order valence-electron chi connectivity index (χ3n) is 21.2. The molecule has 0 spiro atoms. The van der Waals surface area contributed by atoms with Crippen LogP contribution < -0.4 is 0 Å². The zero-order valence-corrected chi connectivity index (χ0v) is 52.2. The molecule has 16 aromatic rings. The SMILES string of the molecule is CC1(C)c2ccccc2-c2ccc(-n3c4ccccc4c4cc(-c5ccc6c7ccc(-c8ccc9c(c8)c8ccccc8n9-c8ccc9c(c8)C(C)(C)C8C=CC=CC98)cc7n(-c7ccc(-c8nc(-c9ccccc9)cc(-c9ccccc9)n8)cc7)c6c5)ccc43)cc21. The lowest BCUT2D eigenvalue weighted by Crippen LogP contribution is -2.24. The zero-order chi connectivity index (χ0) is 61.8. The Kier molecular flexibility index (Phi) is 11.5. The van der Waals surface area contributed by atoms with E-state index in [9.17, 15) is 0 Å². The third kappa shape index (κ3) is 8.06. The van der Waals surface area contributed by atoms with E-state index in [0.29, 0.717) is 17.7 Å². The Morgan fingerprint density at radius 2 is 0.753 bits per heavy atom. The minimum absolute atomic E-state index is 0.0107. The highest BCUT2D eigenvalue weighted by molar-refractivity contribution is 6.14. The summed E-state index contributed by atoms with van der Waals surface area (Å²) < 4.78 is 7.42. The highest BCUT2D eigenvalue weighted by atomic mass is 15.0. The Morgan fingerprint density at radius 3 is 1.37 bits per heavy atom. The lowest BCUT2D eigenvalue weighted by molar-refractivity contribution is 0.394. The van der Waals surface area contributed by atoms with Gasteiger partial charge in [-0.3, -0.25) is 0 Å². The van der Waals surface area contributed by atoms with Crippen molar-refractivity contribution in [2.45, 2.75) is 44.4 Å². The molecule has 0 saturated carbocycles. The molecule has 5 heteroatoms. The molecule has 0 amide bonds. The molecule has 0 fully saturated rings. The molecule has 93 heavy (non-hydrogen) atoms. The second kappa shape index (κ2) is 20.0. The van der Waals surface area contributed by atoms with Gasteiger partial charge in [-0.05, 0) is 170 Å². The molecular formula is C88H63N5. The first-order chi connectivity index (χ1) is 45.6. The highest BCUT2D eigenvalue weighted by Crippen LogP contribution is 2.54. The maximum atomic E-state index is 5.24. The van der Waals surface area contributed by atoms with Gasteiger partial charge in [-0.15, -0.1) is 0 Å². The van der Waals surface area contributed by atoms with Crippen LogP contribution in [0, 0.1) is 5.92 Å². The molecule has 2 unspecified atom stereocenters. The maximum absolute atomic E-state index is 5.24. The Labute approximate surface area is 540 Å². The minimum atomic E-state index is -0.109. The van der Waals surface area contributed by atoms with Crippen LogP contribution in [0.25, 0.3) is 150 Å². The normalized spacial score (nSPS) is 15.8. The van der Waals surface area contributed by atoms with E-state index in [0.717, 1.165) is 55.9 Å². The van der Waals surface area contributed by atoms with E-state index in [-0.39, 0.29) is 10.8 Å². The van der Waals surface area contributed by atoms with Crippen molar-refractivity contribution in [2.24, 2.45) is 5.92 Å². The van der Waals surface area contributed by atoms with Gasteiger partial charge in [-0.1, -0.05) is 222 Å². The second-order valence-electron chi connectivity index (χ2n) is 26.9. The first-order valence-electron chi connectivity index (χ1n) is 32.6. The van der Waals surface area contributed by atoms with Crippen LogP contribution in [-0.2, 0) is 10.8 Å². The molecule has 4 heterocycles. The number of nitrogens with zero attached hydrogens (tertiary/aromatic N) is 5. The molecule has 2 atom stereocenters. The molecule has 0 saturated heterocycles. The highest BCUT2D eigenvalue weighted by Gasteiger charge is 2.45. The quantitative estimate of drug-likeness (QED) is 0.152. The van der Waals surface area contributed by atoms with E-state index < -0.39 is 0 Å². The molecule has 0 radical (unpaired) electrons.